The number of carbonyl (C=O) groups excluding carboxylic acids is 1. The number of halogens is 4. The highest BCUT2D eigenvalue weighted by molar-refractivity contribution is 6.17. The fourth-order valence-corrected chi connectivity index (χ4v) is 1.57. The van der Waals surface area contributed by atoms with E-state index in [0.717, 1.165) is 6.20 Å². The molecule has 0 aliphatic carbocycles. The molecule has 1 aromatic rings. The molecular formula is C11H11ClF3NO2. The zero-order chi connectivity index (χ0) is 13.7. The number of hydrogen-bond acceptors (Lipinski definition) is 3. The summed E-state index contributed by atoms with van der Waals surface area (Å²) in [5.74, 6) is -2.11. The molecule has 0 saturated heterocycles. The third-order valence-electron chi connectivity index (χ3n) is 2.18. The fraction of sp³-hybridized carbons (Fsp3) is 0.455. The number of alkyl halides is 3. The monoisotopic (exact) mass is 281 g/mol. The lowest BCUT2D eigenvalue weighted by molar-refractivity contribution is -0.142. The predicted octanol–water partition coefficient (Wildman–Crippen LogP) is 3.00. The quantitative estimate of drug-likeness (QED) is 0.615. The molecule has 0 aromatic carbocycles. The largest absolute Gasteiger partial charge is 0.466 e. The molecule has 0 radical (unpaired) electrons. The van der Waals surface area contributed by atoms with Crippen LogP contribution in [0.4, 0.5) is 13.2 Å². The number of pyridine rings is 1. The molecule has 0 aliphatic rings. The van der Waals surface area contributed by atoms with Crippen LogP contribution in [0.3, 0.4) is 0 Å². The lowest BCUT2D eigenvalue weighted by Crippen LogP contribution is -2.13. The Morgan fingerprint density at radius 2 is 2.22 bits per heavy atom. The smallest absolute Gasteiger partial charge is 0.311 e. The number of esters is 1. The summed E-state index contributed by atoms with van der Waals surface area (Å²) in [4.78, 5) is 14.8. The van der Waals surface area contributed by atoms with E-state index in [9.17, 15) is 18.0 Å². The van der Waals surface area contributed by atoms with Crippen LogP contribution >= 0.6 is 11.6 Å². The van der Waals surface area contributed by atoms with Crippen LogP contribution in [0.2, 0.25) is 0 Å². The number of carbonyl (C=O) groups is 1. The van der Waals surface area contributed by atoms with Crippen molar-refractivity contribution in [2.45, 2.75) is 25.7 Å². The van der Waals surface area contributed by atoms with Crippen LogP contribution in [-0.4, -0.2) is 17.6 Å². The molecule has 1 aromatic heterocycles. The molecule has 1 heterocycles. The second-order valence-corrected chi connectivity index (χ2v) is 3.64. The van der Waals surface area contributed by atoms with Gasteiger partial charge in [0.1, 0.15) is 5.82 Å². The summed E-state index contributed by atoms with van der Waals surface area (Å²) in [5, 5.41) is 0. The van der Waals surface area contributed by atoms with Gasteiger partial charge in [0.15, 0.2) is 0 Å². The minimum absolute atomic E-state index is 0.116. The van der Waals surface area contributed by atoms with E-state index in [1.54, 1.807) is 6.92 Å². The Balaban J connectivity index is 3.11. The molecule has 100 valence electrons. The van der Waals surface area contributed by atoms with Gasteiger partial charge < -0.3 is 4.74 Å². The van der Waals surface area contributed by atoms with Gasteiger partial charge in [0.2, 0.25) is 0 Å². The van der Waals surface area contributed by atoms with Crippen molar-refractivity contribution in [3.8, 4) is 0 Å². The minimum atomic E-state index is -3.06. The van der Waals surface area contributed by atoms with E-state index in [4.69, 9.17) is 11.6 Å². The average Bonchev–Trinajstić information content (AvgIpc) is 2.29. The summed E-state index contributed by atoms with van der Waals surface area (Å²) in [6, 6.07) is 0. The van der Waals surface area contributed by atoms with E-state index in [-0.39, 0.29) is 23.7 Å². The van der Waals surface area contributed by atoms with Crippen LogP contribution in [0.1, 0.15) is 30.2 Å². The van der Waals surface area contributed by atoms with Crippen molar-refractivity contribution in [1.82, 2.24) is 4.98 Å². The summed E-state index contributed by atoms with van der Waals surface area (Å²) >= 11 is 5.40. The summed E-state index contributed by atoms with van der Waals surface area (Å²) in [5.41, 5.74) is -1.34. The Hall–Kier alpha value is -1.30. The third kappa shape index (κ3) is 3.35. The normalized spacial score (nSPS) is 10.8. The van der Waals surface area contributed by atoms with Gasteiger partial charge in [0.05, 0.1) is 30.2 Å². The van der Waals surface area contributed by atoms with Gasteiger partial charge in [-0.05, 0) is 6.92 Å². The van der Waals surface area contributed by atoms with Gasteiger partial charge in [0, 0.05) is 11.8 Å². The number of hydrogen-bond donors (Lipinski definition) is 0. The van der Waals surface area contributed by atoms with E-state index >= 15 is 0 Å². The summed E-state index contributed by atoms with van der Waals surface area (Å²) < 4.78 is 43.8. The summed E-state index contributed by atoms with van der Waals surface area (Å²) in [7, 11) is 0. The van der Waals surface area contributed by atoms with Gasteiger partial charge in [0.25, 0.3) is 6.43 Å². The van der Waals surface area contributed by atoms with Crippen LogP contribution in [0.25, 0.3) is 0 Å². The number of ether oxygens (including phenoxy) is 1. The van der Waals surface area contributed by atoms with E-state index in [0.29, 0.717) is 0 Å². The molecule has 0 bridgehead atoms. The number of rotatable bonds is 5. The van der Waals surface area contributed by atoms with Gasteiger partial charge in [-0.2, -0.15) is 0 Å². The molecule has 0 saturated carbocycles. The van der Waals surface area contributed by atoms with Crippen molar-refractivity contribution in [2.24, 2.45) is 0 Å². The standard InChI is InChI=1S/C11H11ClF3NO2/c1-2-18-8(17)3-7-9(11(14)15)10(13)6(4-12)5-16-7/h5,11H,2-4H2,1H3. The molecule has 1 rings (SSSR count). The van der Waals surface area contributed by atoms with Crippen LogP contribution in [0.15, 0.2) is 6.20 Å². The summed E-state index contributed by atoms with van der Waals surface area (Å²) in [6.45, 7) is 1.70. The molecule has 0 atom stereocenters. The second-order valence-electron chi connectivity index (χ2n) is 3.37. The highest BCUT2D eigenvalue weighted by Gasteiger charge is 2.24. The lowest BCUT2D eigenvalue weighted by Gasteiger charge is -2.10. The van der Waals surface area contributed by atoms with Gasteiger partial charge in [-0.3, -0.25) is 9.78 Å². The van der Waals surface area contributed by atoms with Gasteiger partial charge in [-0.15, -0.1) is 11.6 Å². The van der Waals surface area contributed by atoms with Crippen molar-refractivity contribution < 1.29 is 22.7 Å². The maximum absolute atomic E-state index is 13.7. The van der Waals surface area contributed by atoms with Crippen molar-refractivity contribution >= 4 is 17.6 Å². The van der Waals surface area contributed by atoms with Gasteiger partial charge in [-0.25, -0.2) is 13.2 Å². The first kappa shape index (κ1) is 14.8. The maximum Gasteiger partial charge on any atom is 0.311 e. The van der Waals surface area contributed by atoms with Crippen molar-refractivity contribution in [3.63, 3.8) is 0 Å². The fourth-order valence-electron chi connectivity index (χ4n) is 1.39. The minimum Gasteiger partial charge on any atom is -0.466 e. The van der Waals surface area contributed by atoms with Gasteiger partial charge in [-0.1, -0.05) is 0 Å². The molecule has 0 spiro atoms. The molecule has 18 heavy (non-hydrogen) atoms. The first-order chi connectivity index (χ1) is 8.51. The maximum atomic E-state index is 13.7. The van der Waals surface area contributed by atoms with Crippen LogP contribution < -0.4 is 0 Å². The van der Waals surface area contributed by atoms with Crippen LogP contribution in [0, 0.1) is 5.82 Å². The Morgan fingerprint density at radius 1 is 1.56 bits per heavy atom. The summed E-state index contributed by atoms with van der Waals surface area (Å²) in [6.07, 6.45) is -2.51. The highest BCUT2D eigenvalue weighted by Crippen LogP contribution is 2.27. The van der Waals surface area contributed by atoms with E-state index in [1.807, 2.05) is 0 Å². The molecule has 0 fully saturated rings. The lowest BCUT2D eigenvalue weighted by atomic mass is 10.1. The van der Waals surface area contributed by atoms with Crippen LogP contribution in [-0.2, 0) is 21.8 Å². The van der Waals surface area contributed by atoms with Gasteiger partial charge >= 0.3 is 5.97 Å². The molecule has 0 unspecified atom stereocenters. The van der Waals surface area contributed by atoms with E-state index in [2.05, 4.69) is 9.72 Å². The van der Waals surface area contributed by atoms with Crippen molar-refractivity contribution in [3.05, 3.63) is 28.8 Å². The molecule has 7 heteroatoms. The van der Waals surface area contributed by atoms with Crippen LogP contribution in [0.5, 0.6) is 0 Å². The zero-order valence-electron chi connectivity index (χ0n) is 9.55. The molecule has 0 N–H and O–H groups in total. The molecule has 3 nitrogen and oxygen atoms in total. The Morgan fingerprint density at radius 3 is 2.72 bits per heavy atom. The topological polar surface area (TPSA) is 39.2 Å². The molecular weight excluding hydrogens is 271 g/mol. The SMILES string of the molecule is CCOC(=O)Cc1ncc(CCl)c(F)c1C(F)F. The second kappa shape index (κ2) is 6.58. The van der Waals surface area contributed by atoms with Crippen molar-refractivity contribution in [1.29, 1.82) is 0 Å². The van der Waals surface area contributed by atoms with E-state index < -0.39 is 30.2 Å². The highest BCUT2D eigenvalue weighted by atomic mass is 35.5. The van der Waals surface area contributed by atoms with Crippen molar-refractivity contribution in [2.75, 3.05) is 6.61 Å². The number of aromatic nitrogens is 1. The third-order valence-corrected chi connectivity index (χ3v) is 2.47. The number of nitrogens with zero attached hydrogens (tertiary/aromatic N) is 1. The predicted molar refractivity (Wildman–Crippen MR) is 59.0 cm³/mol. The Kier molecular flexibility index (Phi) is 5.40. The molecule has 0 aliphatic heterocycles. The first-order valence-electron chi connectivity index (χ1n) is 5.17. The Labute approximate surface area is 107 Å². The average molecular weight is 282 g/mol. The van der Waals surface area contributed by atoms with E-state index in [1.165, 1.54) is 0 Å². The first-order valence-corrected chi connectivity index (χ1v) is 5.70. The Bertz CT molecular complexity index is 441. The molecule has 0 amide bonds. The zero-order valence-corrected chi connectivity index (χ0v) is 10.3.